The molecule has 0 bridgehead atoms. The number of nitriles is 1. The van der Waals surface area contributed by atoms with Gasteiger partial charge in [0.25, 0.3) is 0 Å². The number of hydrazine groups is 1. The Morgan fingerprint density at radius 1 is 1.50 bits per heavy atom. The van der Waals surface area contributed by atoms with Crippen LogP contribution in [0.1, 0.15) is 19.3 Å². The summed E-state index contributed by atoms with van der Waals surface area (Å²) in [6.45, 7) is 1.58. The van der Waals surface area contributed by atoms with Crippen LogP contribution in [0.3, 0.4) is 0 Å². The molecule has 0 saturated carbocycles. The SMILES string of the molecule is N#C/C(NN)=C(/N)CC1CCOCC1. The van der Waals surface area contributed by atoms with Crippen molar-refractivity contribution >= 4 is 0 Å². The number of hydrogen-bond donors (Lipinski definition) is 3. The fourth-order valence-corrected chi connectivity index (χ4v) is 1.56. The zero-order valence-electron chi connectivity index (χ0n) is 8.12. The summed E-state index contributed by atoms with van der Waals surface area (Å²) in [4.78, 5) is 0. The summed E-state index contributed by atoms with van der Waals surface area (Å²) in [6, 6.07) is 1.93. The zero-order chi connectivity index (χ0) is 10.4. The summed E-state index contributed by atoms with van der Waals surface area (Å²) in [6.07, 6.45) is 2.73. The molecule has 0 amide bonds. The van der Waals surface area contributed by atoms with E-state index in [-0.39, 0.29) is 5.70 Å². The van der Waals surface area contributed by atoms with Crippen molar-refractivity contribution in [2.45, 2.75) is 19.3 Å². The minimum absolute atomic E-state index is 0.275. The predicted octanol–water partition coefficient (Wildman–Crippen LogP) is -0.0397. The van der Waals surface area contributed by atoms with Crippen LogP contribution >= 0.6 is 0 Å². The normalized spacial score (nSPS) is 19.7. The largest absolute Gasteiger partial charge is 0.400 e. The smallest absolute Gasteiger partial charge is 0.146 e. The molecule has 5 nitrogen and oxygen atoms in total. The highest BCUT2D eigenvalue weighted by atomic mass is 16.5. The molecule has 1 rings (SSSR count). The van der Waals surface area contributed by atoms with E-state index in [1.54, 1.807) is 0 Å². The lowest BCUT2D eigenvalue weighted by Crippen LogP contribution is -2.26. The van der Waals surface area contributed by atoms with Crippen LogP contribution in [0.15, 0.2) is 11.4 Å². The van der Waals surface area contributed by atoms with Crippen molar-refractivity contribution < 1.29 is 4.74 Å². The molecule has 5 N–H and O–H groups in total. The Bertz CT molecular complexity index is 250. The molecule has 0 spiro atoms. The van der Waals surface area contributed by atoms with Crippen LogP contribution in [0.5, 0.6) is 0 Å². The summed E-state index contributed by atoms with van der Waals surface area (Å²) in [5.41, 5.74) is 8.86. The first-order chi connectivity index (χ1) is 6.77. The molecule has 0 radical (unpaired) electrons. The second-order valence-electron chi connectivity index (χ2n) is 3.42. The van der Waals surface area contributed by atoms with Crippen LogP contribution < -0.4 is 17.0 Å². The van der Waals surface area contributed by atoms with E-state index in [1.807, 2.05) is 6.07 Å². The van der Waals surface area contributed by atoms with Gasteiger partial charge in [0.1, 0.15) is 11.8 Å². The maximum atomic E-state index is 8.67. The molecule has 14 heavy (non-hydrogen) atoms. The van der Waals surface area contributed by atoms with Gasteiger partial charge in [-0.2, -0.15) is 5.26 Å². The topological polar surface area (TPSA) is 97.1 Å². The lowest BCUT2D eigenvalue weighted by Gasteiger charge is -2.22. The molecule has 1 heterocycles. The van der Waals surface area contributed by atoms with Crippen molar-refractivity contribution in [2.75, 3.05) is 13.2 Å². The Hall–Kier alpha value is -1.25. The van der Waals surface area contributed by atoms with Gasteiger partial charge in [0.2, 0.25) is 0 Å². The number of rotatable bonds is 3. The number of nitrogens with two attached hydrogens (primary N) is 2. The van der Waals surface area contributed by atoms with Crippen LogP contribution in [-0.4, -0.2) is 13.2 Å². The van der Waals surface area contributed by atoms with Gasteiger partial charge in [-0.25, -0.2) is 5.84 Å². The van der Waals surface area contributed by atoms with Gasteiger partial charge >= 0.3 is 0 Å². The summed E-state index contributed by atoms with van der Waals surface area (Å²) < 4.78 is 5.23. The second kappa shape index (κ2) is 5.47. The average Bonchev–Trinajstić information content (AvgIpc) is 2.21. The number of nitrogens with one attached hydrogen (secondary N) is 1. The van der Waals surface area contributed by atoms with Crippen molar-refractivity contribution in [3.8, 4) is 6.07 Å². The Balaban J connectivity index is 2.50. The van der Waals surface area contributed by atoms with Gasteiger partial charge in [-0.1, -0.05) is 0 Å². The van der Waals surface area contributed by atoms with Crippen molar-refractivity contribution in [1.82, 2.24) is 5.43 Å². The van der Waals surface area contributed by atoms with Crippen molar-refractivity contribution in [2.24, 2.45) is 17.5 Å². The lowest BCUT2D eigenvalue weighted by molar-refractivity contribution is 0.0664. The van der Waals surface area contributed by atoms with Crippen LogP contribution in [0, 0.1) is 17.2 Å². The molecule has 1 saturated heterocycles. The molecular formula is C9H16N4O. The average molecular weight is 196 g/mol. The molecule has 0 unspecified atom stereocenters. The van der Waals surface area contributed by atoms with Gasteiger partial charge in [0, 0.05) is 18.9 Å². The molecule has 78 valence electrons. The highest BCUT2D eigenvalue weighted by Crippen LogP contribution is 2.21. The molecule has 1 aliphatic heterocycles. The summed E-state index contributed by atoms with van der Waals surface area (Å²) in [5.74, 6) is 5.67. The maximum absolute atomic E-state index is 8.67. The zero-order valence-corrected chi connectivity index (χ0v) is 8.12. The molecule has 0 aromatic rings. The Morgan fingerprint density at radius 3 is 2.64 bits per heavy atom. The van der Waals surface area contributed by atoms with Crippen LogP contribution in [0.4, 0.5) is 0 Å². The number of ether oxygens (including phenoxy) is 1. The van der Waals surface area contributed by atoms with Crippen molar-refractivity contribution in [3.63, 3.8) is 0 Å². The quantitative estimate of drug-likeness (QED) is 0.334. The minimum Gasteiger partial charge on any atom is -0.400 e. The first-order valence-corrected chi connectivity index (χ1v) is 4.71. The third-order valence-electron chi connectivity index (χ3n) is 2.43. The molecule has 0 aromatic heterocycles. The highest BCUT2D eigenvalue weighted by molar-refractivity contribution is 5.23. The third-order valence-corrected chi connectivity index (χ3v) is 2.43. The molecule has 1 aliphatic rings. The Labute approximate surface area is 83.7 Å². The van der Waals surface area contributed by atoms with E-state index in [1.165, 1.54) is 0 Å². The fourth-order valence-electron chi connectivity index (χ4n) is 1.56. The number of hydrogen-bond acceptors (Lipinski definition) is 5. The van der Waals surface area contributed by atoms with E-state index in [0.717, 1.165) is 32.5 Å². The van der Waals surface area contributed by atoms with Crippen LogP contribution in [-0.2, 0) is 4.74 Å². The van der Waals surface area contributed by atoms with Gasteiger partial charge in [0.15, 0.2) is 0 Å². The van der Waals surface area contributed by atoms with E-state index in [0.29, 0.717) is 11.6 Å². The van der Waals surface area contributed by atoms with Gasteiger partial charge in [-0.3, -0.25) is 0 Å². The minimum atomic E-state index is 0.275. The molecule has 5 heteroatoms. The predicted molar refractivity (Wildman–Crippen MR) is 52.3 cm³/mol. The van der Waals surface area contributed by atoms with Crippen LogP contribution in [0.2, 0.25) is 0 Å². The molecule has 0 atom stereocenters. The third kappa shape index (κ3) is 2.91. The van der Waals surface area contributed by atoms with Gasteiger partial charge in [-0.05, 0) is 25.2 Å². The van der Waals surface area contributed by atoms with E-state index in [4.69, 9.17) is 21.6 Å². The first kappa shape index (κ1) is 10.8. The van der Waals surface area contributed by atoms with Crippen LogP contribution in [0.25, 0.3) is 0 Å². The highest BCUT2D eigenvalue weighted by Gasteiger charge is 2.15. The van der Waals surface area contributed by atoms with Crippen molar-refractivity contribution in [1.29, 1.82) is 5.26 Å². The standard InChI is InChI=1S/C9H16N4O/c10-6-9(13-12)8(11)5-7-1-3-14-4-2-7/h7,13H,1-5,11-12H2/b9-8-. The summed E-state index contributed by atoms with van der Waals surface area (Å²) in [5, 5.41) is 8.67. The number of allylic oxidation sites excluding steroid dienone is 2. The molecule has 1 fully saturated rings. The molecule has 0 aliphatic carbocycles. The summed E-state index contributed by atoms with van der Waals surface area (Å²) >= 11 is 0. The van der Waals surface area contributed by atoms with Gasteiger partial charge in [0.05, 0.1) is 0 Å². The Kier molecular flexibility index (Phi) is 4.23. The summed E-state index contributed by atoms with van der Waals surface area (Å²) in [7, 11) is 0. The first-order valence-electron chi connectivity index (χ1n) is 4.71. The lowest BCUT2D eigenvalue weighted by atomic mass is 9.94. The Morgan fingerprint density at radius 2 is 2.14 bits per heavy atom. The molecular weight excluding hydrogens is 180 g/mol. The van der Waals surface area contributed by atoms with E-state index < -0.39 is 0 Å². The monoisotopic (exact) mass is 196 g/mol. The van der Waals surface area contributed by atoms with Gasteiger partial charge in [-0.15, -0.1) is 0 Å². The van der Waals surface area contributed by atoms with E-state index in [9.17, 15) is 0 Å². The van der Waals surface area contributed by atoms with E-state index >= 15 is 0 Å². The fraction of sp³-hybridized carbons (Fsp3) is 0.667. The van der Waals surface area contributed by atoms with Crippen molar-refractivity contribution in [3.05, 3.63) is 11.4 Å². The second-order valence-corrected chi connectivity index (χ2v) is 3.42. The maximum Gasteiger partial charge on any atom is 0.146 e. The van der Waals surface area contributed by atoms with E-state index in [2.05, 4.69) is 5.43 Å². The molecule has 0 aromatic carbocycles. The van der Waals surface area contributed by atoms with Gasteiger partial charge < -0.3 is 15.9 Å². The number of nitrogens with zero attached hydrogens (tertiary/aromatic N) is 1.